The number of rotatable bonds is 3. The molecule has 0 spiro atoms. The van der Waals surface area contributed by atoms with E-state index >= 15 is 0 Å². The highest BCUT2D eigenvalue weighted by atomic mass is 35.5. The Morgan fingerprint density at radius 3 is 2.82 bits per heavy atom. The molecule has 0 aliphatic heterocycles. The molecule has 0 saturated heterocycles. The normalized spacial score (nSPS) is 10.6. The summed E-state index contributed by atoms with van der Waals surface area (Å²) in [5.41, 5.74) is 1.97. The van der Waals surface area contributed by atoms with Crippen LogP contribution in [-0.2, 0) is 0 Å². The summed E-state index contributed by atoms with van der Waals surface area (Å²) in [6.07, 6.45) is 1.17. The molecular formula is C14H10ClN5O2. The number of hydrogen-bond donors (Lipinski definition) is 1. The Morgan fingerprint density at radius 1 is 1.23 bits per heavy atom. The number of aryl methyl sites for hydroxylation is 1. The van der Waals surface area contributed by atoms with Crippen molar-refractivity contribution >= 4 is 39.7 Å². The summed E-state index contributed by atoms with van der Waals surface area (Å²) in [5.74, 6) is 0.0399. The fraction of sp³-hybridized carbons (Fsp3) is 0.0714. The van der Waals surface area contributed by atoms with Crippen LogP contribution in [0.1, 0.15) is 5.69 Å². The van der Waals surface area contributed by atoms with Gasteiger partial charge >= 0.3 is 5.69 Å². The lowest BCUT2D eigenvalue weighted by molar-refractivity contribution is -0.384. The Hall–Kier alpha value is -2.80. The van der Waals surface area contributed by atoms with Gasteiger partial charge in [0.25, 0.3) is 0 Å². The predicted octanol–water partition coefficient (Wildman–Crippen LogP) is 3.64. The Morgan fingerprint density at radius 2 is 2.05 bits per heavy atom. The average Bonchev–Trinajstić information content (AvgIpc) is 2.46. The topological polar surface area (TPSA) is 93.8 Å². The van der Waals surface area contributed by atoms with E-state index in [1.54, 1.807) is 6.07 Å². The quantitative estimate of drug-likeness (QED) is 0.450. The zero-order valence-corrected chi connectivity index (χ0v) is 12.2. The number of pyridine rings is 1. The molecule has 0 bridgehead atoms. The third-order valence-corrected chi connectivity index (χ3v) is 3.36. The molecule has 8 heteroatoms. The smallest absolute Gasteiger partial charge is 0.334 e. The minimum atomic E-state index is -0.613. The molecule has 22 heavy (non-hydrogen) atoms. The van der Waals surface area contributed by atoms with Crippen molar-refractivity contribution in [2.75, 3.05) is 5.32 Å². The van der Waals surface area contributed by atoms with Crippen LogP contribution >= 0.6 is 11.6 Å². The van der Waals surface area contributed by atoms with Gasteiger partial charge < -0.3 is 5.32 Å². The van der Waals surface area contributed by atoms with Crippen molar-refractivity contribution < 1.29 is 4.92 Å². The van der Waals surface area contributed by atoms with Crippen molar-refractivity contribution in [2.24, 2.45) is 0 Å². The zero-order valence-electron chi connectivity index (χ0n) is 11.4. The molecule has 0 saturated carbocycles. The lowest BCUT2D eigenvalue weighted by Crippen LogP contribution is -2.02. The number of nitrogens with one attached hydrogen (secondary N) is 1. The number of nitrogens with zero attached hydrogens (tertiary/aromatic N) is 4. The molecular weight excluding hydrogens is 306 g/mol. The zero-order chi connectivity index (χ0) is 15.7. The maximum atomic E-state index is 11.1. The van der Waals surface area contributed by atoms with E-state index in [1.807, 2.05) is 31.2 Å². The first-order chi connectivity index (χ1) is 10.6. The molecule has 2 heterocycles. The van der Waals surface area contributed by atoms with E-state index in [0.29, 0.717) is 5.69 Å². The lowest BCUT2D eigenvalue weighted by atomic mass is 10.1. The van der Waals surface area contributed by atoms with Crippen LogP contribution in [0.3, 0.4) is 0 Å². The van der Waals surface area contributed by atoms with Gasteiger partial charge in [0.15, 0.2) is 0 Å². The summed E-state index contributed by atoms with van der Waals surface area (Å²) < 4.78 is 0. The highest BCUT2D eigenvalue weighted by Gasteiger charge is 2.22. The molecule has 3 rings (SSSR count). The molecule has 0 amide bonds. The van der Waals surface area contributed by atoms with Crippen LogP contribution in [0, 0.1) is 17.0 Å². The molecule has 3 aromatic rings. The summed E-state index contributed by atoms with van der Waals surface area (Å²) in [7, 11) is 0. The second kappa shape index (κ2) is 5.53. The van der Waals surface area contributed by atoms with Gasteiger partial charge in [0, 0.05) is 16.8 Å². The molecule has 0 atom stereocenters. The van der Waals surface area contributed by atoms with Gasteiger partial charge in [-0.05, 0) is 31.2 Å². The van der Waals surface area contributed by atoms with E-state index in [1.165, 1.54) is 6.33 Å². The largest absolute Gasteiger partial charge is 0.348 e. The molecule has 0 unspecified atom stereocenters. The Bertz CT molecular complexity index is 884. The second-order valence-electron chi connectivity index (χ2n) is 4.57. The Kier molecular flexibility index (Phi) is 3.56. The first-order valence-corrected chi connectivity index (χ1v) is 6.72. The first kappa shape index (κ1) is 14.2. The maximum Gasteiger partial charge on any atom is 0.348 e. The summed E-state index contributed by atoms with van der Waals surface area (Å²) in [6, 6.07) is 9.24. The lowest BCUT2D eigenvalue weighted by Gasteiger charge is -2.09. The van der Waals surface area contributed by atoms with Crippen molar-refractivity contribution in [3.63, 3.8) is 0 Å². The Balaban J connectivity index is 2.12. The van der Waals surface area contributed by atoms with Gasteiger partial charge in [-0.1, -0.05) is 17.7 Å². The van der Waals surface area contributed by atoms with E-state index in [0.717, 1.165) is 16.6 Å². The summed E-state index contributed by atoms with van der Waals surface area (Å²) in [4.78, 5) is 22.5. The number of halogens is 1. The van der Waals surface area contributed by atoms with E-state index in [4.69, 9.17) is 11.6 Å². The fourth-order valence-electron chi connectivity index (χ4n) is 2.10. The van der Waals surface area contributed by atoms with Crippen LogP contribution in [-0.4, -0.2) is 19.9 Å². The van der Waals surface area contributed by atoms with Crippen LogP contribution in [0.2, 0.25) is 5.15 Å². The number of benzene rings is 1. The minimum Gasteiger partial charge on any atom is -0.334 e. The van der Waals surface area contributed by atoms with E-state index < -0.39 is 4.92 Å². The molecule has 0 aliphatic rings. The van der Waals surface area contributed by atoms with Crippen LogP contribution in [0.15, 0.2) is 36.7 Å². The summed E-state index contributed by atoms with van der Waals surface area (Å²) in [5, 5.41) is 14.7. The number of hydrogen-bond acceptors (Lipinski definition) is 6. The highest BCUT2D eigenvalue weighted by Crippen LogP contribution is 2.32. The van der Waals surface area contributed by atoms with E-state index in [2.05, 4.69) is 20.3 Å². The molecule has 1 aromatic carbocycles. The number of aromatic nitrogens is 3. The Labute approximate surface area is 130 Å². The molecule has 110 valence electrons. The molecule has 0 radical (unpaired) electrons. The van der Waals surface area contributed by atoms with Crippen LogP contribution < -0.4 is 5.32 Å². The second-order valence-corrected chi connectivity index (χ2v) is 4.93. The molecule has 2 aromatic heterocycles. The van der Waals surface area contributed by atoms with Gasteiger partial charge in [-0.2, -0.15) is 0 Å². The fourth-order valence-corrected chi connectivity index (χ4v) is 2.31. The van der Waals surface area contributed by atoms with Gasteiger partial charge in [-0.15, -0.1) is 0 Å². The highest BCUT2D eigenvalue weighted by molar-refractivity contribution is 6.31. The SMILES string of the molecule is Cc1ccc2c(Nc3ncnc(Cl)c3[N+](=O)[O-])cccc2n1. The van der Waals surface area contributed by atoms with E-state index in [-0.39, 0.29) is 16.7 Å². The van der Waals surface area contributed by atoms with Crippen molar-refractivity contribution in [3.05, 3.63) is 57.6 Å². The third-order valence-electron chi connectivity index (χ3n) is 3.08. The molecule has 0 aliphatic carbocycles. The molecule has 7 nitrogen and oxygen atoms in total. The first-order valence-electron chi connectivity index (χ1n) is 6.34. The van der Waals surface area contributed by atoms with Gasteiger partial charge in [0.05, 0.1) is 10.4 Å². The van der Waals surface area contributed by atoms with Crippen LogP contribution in [0.4, 0.5) is 17.2 Å². The molecule has 0 fully saturated rings. The van der Waals surface area contributed by atoms with E-state index in [9.17, 15) is 10.1 Å². The van der Waals surface area contributed by atoms with Gasteiger partial charge in [0.2, 0.25) is 11.0 Å². The molecule has 1 N–H and O–H groups in total. The van der Waals surface area contributed by atoms with Crippen molar-refractivity contribution in [1.29, 1.82) is 0 Å². The standard InChI is InChI=1S/C14H10ClN5O2/c1-8-5-6-9-10(18-8)3-2-4-11(9)19-14-12(20(21)22)13(15)16-7-17-14/h2-7H,1H3,(H,16,17,19). The van der Waals surface area contributed by atoms with Crippen LogP contribution in [0.25, 0.3) is 10.9 Å². The van der Waals surface area contributed by atoms with Crippen LogP contribution in [0.5, 0.6) is 0 Å². The van der Waals surface area contributed by atoms with Gasteiger partial charge in [-0.3, -0.25) is 15.1 Å². The average molecular weight is 316 g/mol. The van der Waals surface area contributed by atoms with Crippen molar-refractivity contribution in [2.45, 2.75) is 6.92 Å². The summed E-state index contributed by atoms with van der Waals surface area (Å²) in [6.45, 7) is 1.90. The number of fused-ring (bicyclic) bond motifs is 1. The van der Waals surface area contributed by atoms with Crippen molar-refractivity contribution in [3.8, 4) is 0 Å². The third kappa shape index (κ3) is 2.53. The van der Waals surface area contributed by atoms with Gasteiger partial charge in [-0.25, -0.2) is 9.97 Å². The maximum absolute atomic E-state index is 11.1. The summed E-state index contributed by atoms with van der Waals surface area (Å²) >= 11 is 5.78. The number of anilines is 2. The minimum absolute atomic E-state index is 0.0399. The predicted molar refractivity (Wildman–Crippen MR) is 83.5 cm³/mol. The van der Waals surface area contributed by atoms with Crippen molar-refractivity contribution in [1.82, 2.24) is 15.0 Å². The number of nitro groups is 1. The monoisotopic (exact) mass is 315 g/mol. The van der Waals surface area contributed by atoms with Gasteiger partial charge in [0.1, 0.15) is 6.33 Å².